The zero-order valence-corrected chi connectivity index (χ0v) is 11.4. The second-order valence-electron chi connectivity index (χ2n) is 4.09. The van der Waals surface area contributed by atoms with Crippen LogP contribution in [0.2, 0.25) is 0 Å². The largest absolute Gasteiger partial charge is 0.351 e. The van der Waals surface area contributed by atoms with Crippen molar-refractivity contribution >= 4 is 21.8 Å². The molecule has 5 heteroatoms. The minimum atomic E-state index is -0.259. The minimum Gasteiger partial charge on any atom is -0.351 e. The highest BCUT2D eigenvalue weighted by atomic mass is 79.9. The number of H-pyrrole nitrogens is 1. The third-order valence-corrected chi connectivity index (χ3v) is 3.54. The van der Waals surface area contributed by atoms with Crippen LogP contribution in [0.15, 0.2) is 23.0 Å². The molecule has 0 aliphatic rings. The van der Waals surface area contributed by atoms with Crippen LogP contribution in [0.3, 0.4) is 0 Å². The molecule has 0 aliphatic carbocycles. The summed E-state index contributed by atoms with van der Waals surface area (Å²) in [5.74, 6) is 0.387. The number of aromatic amines is 1. The highest BCUT2D eigenvalue weighted by Crippen LogP contribution is 2.07. The number of carbonyl (C=O) groups is 1. The van der Waals surface area contributed by atoms with E-state index in [1.54, 1.807) is 12.1 Å². The van der Waals surface area contributed by atoms with Crippen LogP contribution in [0.5, 0.6) is 0 Å². The monoisotopic (exact) mass is 300 g/mol. The topological polar surface area (TPSA) is 62.0 Å². The van der Waals surface area contributed by atoms with Gasteiger partial charge in [-0.25, -0.2) is 0 Å². The minimum absolute atomic E-state index is 0.228. The third-order valence-electron chi connectivity index (χ3n) is 2.44. The van der Waals surface area contributed by atoms with Crippen molar-refractivity contribution in [1.29, 1.82) is 0 Å². The highest BCUT2D eigenvalue weighted by molar-refractivity contribution is 9.09. The van der Waals surface area contributed by atoms with Crippen LogP contribution < -0.4 is 10.9 Å². The predicted octanol–water partition coefficient (Wildman–Crippen LogP) is 1.92. The van der Waals surface area contributed by atoms with Crippen molar-refractivity contribution < 1.29 is 4.79 Å². The molecule has 0 spiro atoms. The Hall–Kier alpha value is -1.10. The molecule has 0 saturated carbocycles. The molecule has 0 bridgehead atoms. The fourth-order valence-corrected chi connectivity index (χ4v) is 1.73. The lowest BCUT2D eigenvalue weighted by Gasteiger charge is -2.08. The Kier molecular flexibility index (Phi) is 5.97. The Balaban J connectivity index is 2.33. The first-order valence-electron chi connectivity index (χ1n) is 5.67. The lowest BCUT2D eigenvalue weighted by molar-refractivity contribution is 0.0947. The fourth-order valence-electron chi connectivity index (χ4n) is 1.41. The summed E-state index contributed by atoms with van der Waals surface area (Å²) in [6.07, 6.45) is 2.01. The summed E-state index contributed by atoms with van der Waals surface area (Å²) < 4.78 is 0. The molecule has 1 heterocycles. The number of nitrogens with one attached hydrogen (secondary N) is 2. The predicted molar refractivity (Wildman–Crippen MR) is 71.6 cm³/mol. The van der Waals surface area contributed by atoms with E-state index in [1.165, 1.54) is 6.07 Å². The van der Waals surface area contributed by atoms with E-state index in [4.69, 9.17) is 0 Å². The summed E-state index contributed by atoms with van der Waals surface area (Å²) >= 11 is 3.41. The molecule has 1 rings (SSSR count). The van der Waals surface area contributed by atoms with Crippen LogP contribution >= 0.6 is 15.9 Å². The first kappa shape index (κ1) is 14.0. The van der Waals surface area contributed by atoms with Gasteiger partial charge in [-0.3, -0.25) is 9.59 Å². The summed E-state index contributed by atoms with van der Waals surface area (Å²) in [4.78, 5) is 25.1. The average Bonchev–Trinajstić information content (AvgIpc) is 2.34. The van der Waals surface area contributed by atoms with Gasteiger partial charge in [-0.2, -0.15) is 0 Å². The standard InChI is InChI=1S/C12H17BrN2O2/c1-9(8-13)4-3-7-14-12(17)10-5-2-6-11(16)15-10/h2,5-6,9H,3-4,7-8H2,1H3,(H,14,17)(H,15,16). The molecule has 0 saturated heterocycles. The van der Waals surface area contributed by atoms with Gasteiger partial charge in [0.1, 0.15) is 5.69 Å². The fraction of sp³-hybridized carbons (Fsp3) is 0.500. The summed E-state index contributed by atoms with van der Waals surface area (Å²) in [6, 6.07) is 4.55. The summed E-state index contributed by atoms with van der Waals surface area (Å²) in [5, 5.41) is 3.76. The zero-order valence-electron chi connectivity index (χ0n) is 9.83. The zero-order chi connectivity index (χ0) is 12.7. The van der Waals surface area contributed by atoms with Gasteiger partial charge in [-0.05, 0) is 24.8 Å². The number of rotatable bonds is 6. The Labute approximate surface area is 109 Å². The maximum Gasteiger partial charge on any atom is 0.267 e. The highest BCUT2D eigenvalue weighted by Gasteiger charge is 2.05. The van der Waals surface area contributed by atoms with Gasteiger partial charge in [-0.1, -0.05) is 28.9 Å². The number of hydrogen-bond acceptors (Lipinski definition) is 2. The van der Waals surface area contributed by atoms with E-state index in [1.807, 2.05) is 0 Å². The molecule has 1 atom stereocenters. The van der Waals surface area contributed by atoms with Crippen molar-refractivity contribution in [3.8, 4) is 0 Å². The lowest BCUT2D eigenvalue weighted by Crippen LogP contribution is -2.27. The molecule has 94 valence electrons. The first-order chi connectivity index (χ1) is 8.13. The van der Waals surface area contributed by atoms with Crippen molar-refractivity contribution in [2.75, 3.05) is 11.9 Å². The van der Waals surface area contributed by atoms with Crippen LogP contribution in [0.4, 0.5) is 0 Å². The van der Waals surface area contributed by atoms with E-state index in [-0.39, 0.29) is 11.5 Å². The van der Waals surface area contributed by atoms with Gasteiger partial charge in [0.15, 0.2) is 0 Å². The van der Waals surface area contributed by atoms with E-state index >= 15 is 0 Å². The maximum absolute atomic E-state index is 11.6. The smallest absolute Gasteiger partial charge is 0.267 e. The van der Waals surface area contributed by atoms with Crippen molar-refractivity contribution in [3.63, 3.8) is 0 Å². The number of hydrogen-bond donors (Lipinski definition) is 2. The first-order valence-corrected chi connectivity index (χ1v) is 6.79. The normalized spacial score (nSPS) is 12.1. The summed E-state index contributed by atoms with van der Waals surface area (Å²) in [6.45, 7) is 2.79. The third kappa shape index (κ3) is 5.17. The number of aromatic nitrogens is 1. The maximum atomic E-state index is 11.6. The van der Waals surface area contributed by atoms with Gasteiger partial charge in [0.25, 0.3) is 5.91 Å². The Morgan fingerprint density at radius 2 is 2.29 bits per heavy atom. The van der Waals surface area contributed by atoms with Crippen LogP contribution in [0.25, 0.3) is 0 Å². The van der Waals surface area contributed by atoms with Crippen LogP contribution in [0, 0.1) is 5.92 Å². The van der Waals surface area contributed by atoms with E-state index in [0.29, 0.717) is 18.2 Å². The molecule has 17 heavy (non-hydrogen) atoms. The van der Waals surface area contributed by atoms with E-state index in [2.05, 4.69) is 33.2 Å². The van der Waals surface area contributed by atoms with Crippen LogP contribution in [-0.2, 0) is 0 Å². The summed E-state index contributed by atoms with van der Waals surface area (Å²) in [7, 11) is 0. The molecule has 4 nitrogen and oxygen atoms in total. The number of amides is 1. The number of pyridine rings is 1. The van der Waals surface area contributed by atoms with Gasteiger partial charge in [-0.15, -0.1) is 0 Å². The molecule has 1 unspecified atom stereocenters. The van der Waals surface area contributed by atoms with E-state index < -0.39 is 0 Å². The quantitative estimate of drug-likeness (QED) is 0.623. The van der Waals surface area contributed by atoms with Crippen molar-refractivity contribution in [3.05, 3.63) is 34.2 Å². The molecule has 0 aliphatic heterocycles. The molecule has 1 aromatic rings. The number of carbonyl (C=O) groups excluding carboxylic acids is 1. The van der Waals surface area contributed by atoms with Crippen LogP contribution in [-0.4, -0.2) is 22.8 Å². The lowest BCUT2D eigenvalue weighted by atomic mass is 10.1. The Morgan fingerprint density at radius 1 is 1.53 bits per heavy atom. The Morgan fingerprint density at radius 3 is 2.94 bits per heavy atom. The molecule has 1 aromatic heterocycles. The van der Waals surface area contributed by atoms with Crippen molar-refractivity contribution in [2.24, 2.45) is 5.92 Å². The molecular formula is C12H17BrN2O2. The van der Waals surface area contributed by atoms with Gasteiger partial charge < -0.3 is 10.3 Å². The van der Waals surface area contributed by atoms with Crippen molar-refractivity contribution in [1.82, 2.24) is 10.3 Å². The van der Waals surface area contributed by atoms with E-state index in [9.17, 15) is 9.59 Å². The molecule has 2 N–H and O–H groups in total. The van der Waals surface area contributed by atoms with Crippen LogP contribution in [0.1, 0.15) is 30.3 Å². The Bertz CT molecular complexity index is 417. The summed E-state index contributed by atoms with van der Waals surface area (Å²) in [5.41, 5.74) is 0.0524. The average molecular weight is 301 g/mol. The van der Waals surface area contributed by atoms with Gasteiger partial charge in [0.2, 0.25) is 5.56 Å². The van der Waals surface area contributed by atoms with Gasteiger partial charge in [0, 0.05) is 17.9 Å². The van der Waals surface area contributed by atoms with Crippen molar-refractivity contribution in [2.45, 2.75) is 19.8 Å². The number of alkyl halides is 1. The second kappa shape index (κ2) is 7.27. The molecule has 0 fully saturated rings. The second-order valence-corrected chi connectivity index (χ2v) is 4.73. The molecule has 0 radical (unpaired) electrons. The molecule has 1 amide bonds. The molecule has 0 aromatic carbocycles. The molecular weight excluding hydrogens is 284 g/mol. The number of halogens is 1. The van der Waals surface area contributed by atoms with Gasteiger partial charge in [0.05, 0.1) is 0 Å². The van der Waals surface area contributed by atoms with E-state index in [0.717, 1.165) is 18.2 Å². The SMILES string of the molecule is CC(CBr)CCCNC(=O)c1cccc(=O)[nH]1. The van der Waals surface area contributed by atoms with Gasteiger partial charge >= 0.3 is 0 Å².